The lowest BCUT2D eigenvalue weighted by molar-refractivity contribution is 0.116. The van der Waals surface area contributed by atoms with Crippen LogP contribution in [0.5, 0.6) is 0 Å². The van der Waals surface area contributed by atoms with Crippen molar-refractivity contribution in [1.82, 2.24) is 20.2 Å². The Morgan fingerprint density at radius 3 is 2.59 bits per heavy atom. The zero-order valence-electron chi connectivity index (χ0n) is 11.4. The van der Waals surface area contributed by atoms with Crippen LogP contribution in [0.25, 0.3) is 11.5 Å². The molecule has 0 aliphatic rings. The largest absolute Gasteiger partial charge is 0.415 e. The molecule has 0 amide bonds. The summed E-state index contributed by atoms with van der Waals surface area (Å²) in [4.78, 5) is 9.41. The van der Waals surface area contributed by atoms with Crippen molar-refractivity contribution in [3.63, 3.8) is 0 Å². The van der Waals surface area contributed by atoms with Gasteiger partial charge in [0.25, 0.3) is 11.8 Å². The van der Waals surface area contributed by atoms with Crippen LogP contribution >= 0.6 is 11.3 Å². The van der Waals surface area contributed by atoms with E-state index >= 15 is 0 Å². The van der Waals surface area contributed by atoms with Crippen LogP contribution in [-0.2, 0) is 0 Å². The van der Waals surface area contributed by atoms with Gasteiger partial charge in [-0.15, -0.1) is 21.5 Å². The van der Waals surface area contributed by atoms with Crippen molar-refractivity contribution in [1.29, 1.82) is 0 Å². The third-order valence-corrected chi connectivity index (χ3v) is 3.90. The van der Waals surface area contributed by atoms with Gasteiger partial charge in [-0.2, -0.15) is 8.78 Å². The van der Waals surface area contributed by atoms with Crippen LogP contribution in [0.3, 0.4) is 0 Å². The smallest absolute Gasteiger partial charge is 0.314 e. The minimum Gasteiger partial charge on any atom is -0.415 e. The predicted molar refractivity (Wildman–Crippen MR) is 76.6 cm³/mol. The number of aromatic nitrogens is 4. The number of hydrogen-bond acceptors (Lipinski definition) is 7. The van der Waals surface area contributed by atoms with E-state index < -0.39 is 12.3 Å². The zero-order valence-corrected chi connectivity index (χ0v) is 12.2. The Balaban J connectivity index is 1.72. The topological polar surface area (TPSA) is 76.7 Å². The summed E-state index contributed by atoms with van der Waals surface area (Å²) in [5.41, 5.74) is 0.383. The maximum absolute atomic E-state index is 12.4. The molecule has 3 rings (SSSR count). The second-order valence-electron chi connectivity index (χ2n) is 4.42. The summed E-state index contributed by atoms with van der Waals surface area (Å²) in [7, 11) is 0. The van der Waals surface area contributed by atoms with E-state index in [2.05, 4.69) is 25.5 Å². The van der Waals surface area contributed by atoms with Gasteiger partial charge in [0.05, 0.1) is 11.6 Å². The molecule has 0 aliphatic heterocycles. The first-order valence-electron chi connectivity index (χ1n) is 6.37. The molecule has 1 unspecified atom stereocenters. The fourth-order valence-electron chi connectivity index (χ4n) is 1.75. The molecule has 3 heterocycles. The molecular formula is C13H11F2N5OS. The predicted octanol–water partition coefficient (Wildman–Crippen LogP) is 3.70. The van der Waals surface area contributed by atoms with Gasteiger partial charge in [0.2, 0.25) is 5.95 Å². The van der Waals surface area contributed by atoms with Crippen LogP contribution in [0.2, 0.25) is 0 Å². The zero-order chi connectivity index (χ0) is 15.5. The van der Waals surface area contributed by atoms with Gasteiger partial charge in [0, 0.05) is 17.3 Å². The Bertz CT molecular complexity index is 729. The molecule has 0 fully saturated rings. The Morgan fingerprint density at radius 1 is 1.23 bits per heavy atom. The summed E-state index contributed by atoms with van der Waals surface area (Å²) in [6.07, 6.45) is 0.0909. The van der Waals surface area contributed by atoms with Crippen LogP contribution in [0.15, 0.2) is 34.3 Å². The van der Waals surface area contributed by atoms with Gasteiger partial charge in [0.1, 0.15) is 0 Å². The van der Waals surface area contributed by atoms with Gasteiger partial charge in [-0.3, -0.25) is 0 Å². The lowest BCUT2D eigenvalue weighted by Crippen LogP contribution is -2.07. The second-order valence-corrected chi connectivity index (χ2v) is 5.40. The standard InChI is InChI=1S/C13H11F2N5OS/c1-7(9-3-2-4-22-9)18-13-16-5-8(6-17-13)11-19-20-12(21-11)10(14)15/h2-7,10H,1H3,(H,16,17,18). The molecule has 1 N–H and O–H groups in total. The van der Waals surface area contributed by atoms with Crippen LogP contribution in [0.4, 0.5) is 14.7 Å². The van der Waals surface area contributed by atoms with Crippen molar-refractivity contribution in [2.75, 3.05) is 5.32 Å². The highest BCUT2D eigenvalue weighted by molar-refractivity contribution is 7.10. The molecule has 0 spiro atoms. The number of alkyl halides is 2. The molecule has 9 heteroatoms. The highest BCUT2D eigenvalue weighted by atomic mass is 32.1. The molecule has 22 heavy (non-hydrogen) atoms. The van der Waals surface area contributed by atoms with Crippen molar-refractivity contribution in [3.05, 3.63) is 40.7 Å². The van der Waals surface area contributed by atoms with Crippen molar-refractivity contribution >= 4 is 17.3 Å². The maximum Gasteiger partial charge on any atom is 0.314 e. The minimum atomic E-state index is -2.80. The highest BCUT2D eigenvalue weighted by Crippen LogP contribution is 2.24. The SMILES string of the molecule is CC(Nc1ncc(-c2nnc(C(F)F)o2)cn1)c1cccs1. The summed E-state index contributed by atoms with van der Waals surface area (Å²) < 4.78 is 29.6. The number of anilines is 1. The monoisotopic (exact) mass is 323 g/mol. The van der Waals surface area contributed by atoms with E-state index in [1.807, 2.05) is 24.4 Å². The Labute approximate surface area is 128 Å². The number of hydrogen-bond donors (Lipinski definition) is 1. The lowest BCUT2D eigenvalue weighted by Gasteiger charge is -2.11. The molecule has 6 nitrogen and oxygen atoms in total. The van der Waals surface area contributed by atoms with E-state index in [1.54, 1.807) is 11.3 Å². The van der Waals surface area contributed by atoms with Gasteiger partial charge in [-0.25, -0.2) is 9.97 Å². The summed E-state index contributed by atoms with van der Waals surface area (Å²) in [6.45, 7) is 2.00. The van der Waals surface area contributed by atoms with E-state index in [0.29, 0.717) is 11.5 Å². The normalized spacial score (nSPS) is 12.5. The van der Waals surface area contributed by atoms with Crippen LogP contribution in [0, 0.1) is 0 Å². The van der Waals surface area contributed by atoms with Crippen molar-refractivity contribution in [3.8, 4) is 11.5 Å². The van der Waals surface area contributed by atoms with Gasteiger partial charge in [0.15, 0.2) is 0 Å². The van der Waals surface area contributed by atoms with E-state index in [9.17, 15) is 8.78 Å². The van der Waals surface area contributed by atoms with Crippen molar-refractivity contribution < 1.29 is 13.2 Å². The fourth-order valence-corrected chi connectivity index (χ4v) is 2.49. The molecule has 0 aromatic carbocycles. The van der Waals surface area contributed by atoms with E-state index in [0.717, 1.165) is 4.88 Å². The summed E-state index contributed by atoms with van der Waals surface area (Å²) in [5.74, 6) is -0.324. The van der Waals surface area contributed by atoms with Crippen molar-refractivity contribution in [2.45, 2.75) is 19.4 Å². The second kappa shape index (κ2) is 6.14. The third kappa shape index (κ3) is 3.08. The molecular weight excluding hydrogens is 312 g/mol. The van der Waals surface area contributed by atoms with Crippen LogP contribution in [-0.4, -0.2) is 20.2 Å². The van der Waals surface area contributed by atoms with Gasteiger partial charge in [-0.1, -0.05) is 6.07 Å². The quantitative estimate of drug-likeness (QED) is 0.771. The molecule has 0 radical (unpaired) electrons. The molecule has 0 saturated heterocycles. The molecule has 1 atom stereocenters. The summed E-state index contributed by atoms with van der Waals surface area (Å²) in [6, 6.07) is 4.05. The Hall–Kier alpha value is -2.42. The number of thiophene rings is 1. The van der Waals surface area contributed by atoms with Gasteiger partial charge >= 0.3 is 6.43 Å². The van der Waals surface area contributed by atoms with Crippen LogP contribution in [0.1, 0.15) is 30.2 Å². The highest BCUT2D eigenvalue weighted by Gasteiger charge is 2.17. The lowest BCUT2D eigenvalue weighted by atomic mass is 10.3. The first-order chi connectivity index (χ1) is 10.6. The molecule has 0 bridgehead atoms. The summed E-state index contributed by atoms with van der Waals surface area (Å²) >= 11 is 1.63. The van der Waals surface area contributed by atoms with E-state index in [1.165, 1.54) is 12.4 Å². The molecule has 114 valence electrons. The Kier molecular flexibility index (Phi) is 4.05. The maximum atomic E-state index is 12.4. The fraction of sp³-hybridized carbons (Fsp3) is 0.231. The average Bonchev–Trinajstić information content (AvgIpc) is 3.20. The number of halogens is 2. The minimum absolute atomic E-state index is 0.0341. The van der Waals surface area contributed by atoms with E-state index in [4.69, 9.17) is 4.42 Å². The number of nitrogens with one attached hydrogen (secondary N) is 1. The van der Waals surface area contributed by atoms with Crippen molar-refractivity contribution in [2.24, 2.45) is 0 Å². The number of rotatable bonds is 5. The summed E-state index contributed by atoms with van der Waals surface area (Å²) in [5, 5.41) is 11.9. The third-order valence-electron chi connectivity index (χ3n) is 2.84. The van der Waals surface area contributed by atoms with Gasteiger partial charge < -0.3 is 9.73 Å². The molecule has 0 saturated carbocycles. The first-order valence-corrected chi connectivity index (χ1v) is 7.25. The van der Waals surface area contributed by atoms with E-state index in [-0.39, 0.29) is 11.9 Å². The van der Waals surface area contributed by atoms with Crippen LogP contribution < -0.4 is 5.32 Å². The first kappa shape index (κ1) is 14.5. The molecule has 3 aromatic rings. The molecule has 0 aliphatic carbocycles. The Morgan fingerprint density at radius 2 is 2.00 bits per heavy atom. The number of nitrogens with zero attached hydrogens (tertiary/aromatic N) is 4. The molecule has 3 aromatic heterocycles. The average molecular weight is 323 g/mol. The van der Waals surface area contributed by atoms with Gasteiger partial charge in [-0.05, 0) is 18.4 Å².